The number of alkyl carbamates (subject to hydrolysis) is 3. The number of carbonyl (C=O) groups excluding carboxylic acids is 3. The van der Waals surface area contributed by atoms with Crippen molar-refractivity contribution in [1.29, 1.82) is 0 Å². The second kappa shape index (κ2) is 22.7. The molecule has 16 heteroatoms. The first kappa shape index (κ1) is 48.5. The smallest absolute Gasteiger partial charge is 0.408 e. The summed E-state index contributed by atoms with van der Waals surface area (Å²) in [6.45, 7) is 22.7. The number of nitrogens with one attached hydrogen (secondary N) is 3. The monoisotopic (exact) mass is 697 g/mol. The fourth-order valence-corrected chi connectivity index (χ4v) is 3.14. The van der Waals surface area contributed by atoms with Gasteiger partial charge in [0, 0.05) is 6.42 Å². The molecular weight excluding hydrogens is 637 g/mol. The molecule has 0 bridgehead atoms. The maximum Gasteiger partial charge on any atom is 0.408 e. The average Bonchev–Trinajstić information content (AvgIpc) is 2.90. The summed E-state index contributed by atoms with van der Waals surface area (Å²) < 4.78 is 26.2. The number of hydrogen-bond acceptors (Lipinski definition) is 9. The standard InChI is InChI=1S/C12H23NO4.C10H18FNO4.C10H19NO4/c1-7(2)8(3)17-11(16)13-9(10(14)15)12(4,5)6;1-10(2,3)7(8(13)14)12-9(15)16-6-4-5-11;1-5-6-15-9(14)11-7(8(12)13)10(2,3)4/h7-9H,1-6H3,(H,13,16)(H,14,15);7H,4-6H2,1-3H3,(H,12,15)(H,13,14);7H,5-6H2,1-4H3,(H,11,14)(H,12,13)/t8-,9-;2*7-/m111/s1. The van der Waals surface area contributed by atoms with E-state index in [0.29, 0.717) is 13.0 Å². The second-order valence-electron chi connectivity index (χ2n) is 14.5. The van der Waals surface area contributed by atoms with E-state index >= 15 is 0 Å². The molecule has 0 saturated carbocycles. The highest BCUT2D eigenvalue weighted by atomic mass is 19.1. The maximum absolute atomic E-state index is 11.7. The molecular formula is C32H60FN3O12. The van der Waals surface area contributed by atoms with Gasteiger partial charge in [-0.3, -0.25) is 4.39 Å². The third kappa shape index (κ3) is 23.5. The largest absolute Gasteiger partial charge is 0.480 e. The highest BCUT2D eigenvalue weighted by molar-refractivity contribution is 5.82. The quantitative estimate of drug-likeness (QED) is 0.104. The molecule has 0 heterocycles. The van der Waals surface area contributed by atoms with Crippen molar-refractivity contribution in [3.05, 3.63) is 0 Å². The molecule has 4 atom stereocenters. The van der Waals surface area contributed by atoms with Gasteiger partial charge >= 0.3 is 36.2 Å². The minimum absolute atomic E-state index is 0.0567. The lowest BCUT2D eigenvalue weighted by Crippen LogP contribution is -2.49. The number of aliphatic carboxylic acids is 3. The van der Waals surface area contributed by atoms with E-state index in [2.05, 4.69) is 20.7 Å². The summed E-state index contributed by atoms with van der Waals surface area (Å²) in [7, 11) is 0. The molecule has 0 aromatic heterocycles. The Hall–Kier alpha value is -3.85. The van der Waals surface area contributed by atoms with Gasteiger partial charge in [-0.15, -0.1) is 0 Å². The van der Waals surface area contributed by atoms with Crippen LogP contribution in [-0.4, -0.2) is 95.6 Å². The van der Waals surface area contributed by atoms with Crippen LogP contribution in [0, 0.1) is 22.2 Å². The van der Waals surface area contributed by atoms with Crippen molar-refractivity contribution in [3.8, 4) is 0 Å². The van der Waals surface area contributed by atoms with Crippen LogP contribution in [0.1, 0.15) is 103 Å². The average molecular weight is 698 g/mol. The first-order chi connectivity index (χ1) is 21.6. The second-order valence-corrected chi connectivity index (χ2v) is 14.5. The van der Waals surface area contributed by atoms with Crippen molar-refractivity contribution in [2.45, 2.75) is 127 Å². The molecule has 0 aliphatic heterocycles. The van der Waals surface area contributed by atoms with Crippen LogP contribution in [0.2, 0.25) is 0 Å². The van der Waals surface area contributed by atoms with Gasteiger partial charge < -0.3 is 45.5 Å². The lowest BCUT2D eigenvalue weighted by atomic mass is 9.87. The van der Waals surface area contributed by atoms with Crippen molar-refractivity contribution in [2.75, 3.05) is 19.9 Å². The van der Waals surface area contributed by atoms with E-state index in [-0.39, 0.29) is 25.0 Å². The number of rotatable bonds is 13. The lowest BCUT2D eigenvalue weighted by Gasteiger charge is -2.28. The lowest BCUT2D eigenvalue weighted by molar-refractivity contribution is -0.143. The molecule has 3 amide bonds. The zero-order valence-corrected chi connectivity index (χ0v) is 30.8. The molecule has 15 nitrogen and oxygen atoms in total. The molecule has 0 fully saturated rings. The first-order valence-corrected chi connectivity index (χ1v) is 15.7. The summed E-state index contributed by atoms with van der Waals surface area (Å²) in [5.74, 6) is -3.06. The van der Waals surface area contributed by atoms with Crippen LogP contribution in [0.4, 0.5) is 18.8 Å². The molecule has 0 spiro atoms. The highest BCUT2D eigenvalue weighted by Crippen LogP contribution is 2.21. The van der Waals surface area contributed by atoms with Crippen LogP contribution in [0.5, 0.6) is 0 Å². The number of hydrogen-bond donors (Lipinski definition) is 6. The molecule has 0 unspecified atom stereocenters. The van der Waals surface area contributed by atoms with Gasteiger partial charge in [0.05, 0.1) is 19.9 Å². The predicted molar refractivity (Wildman–Crippen MR) is 176 cm³/mol. The molecule has 6 N–H and O–H groups in total. The van der Waals surface area contributed by atoms with Crippen molar-refractivity contribution >= 4 is 36.2 Å². The van der Waals surface area contributed by atoms with Crippen LogP contribution in [0.3, 0.4) is 0 Å². The summed E-state index contributed by atoms with van der Waals surface area (Å²) >= 11 is 0. The maximum atomic E-state index is 11.7. The Kier molecular flexibility index (Phi) is 22.9. The Morgan fingerprint density at radius 2 is 0.917 bits per heavy atom. The summed E-state index contributed by atoms with van der Waals surface area (Å²) in [4.78, 5) is 66.6. The van der Waals surface area contributed by atoms with Gasteiger partial charge in [0.15, 0.2) is 0 Å². The van der Waals surface area contributed by atoms with Crippen molar-refractivity contribution in [3.63, 3.8) is 0 Å². The molecule has 0 aliphatic rings. The van der Waals surface area contributed by atoms with E-state index < -0.39 is 77.2 Å². The summed E-state index contributed by atoms with van der Waals surface area (Å²) in [6, 6.07) is -2.94. The topological polar surface area (TPSA) is 227 Å². The van der Waals surface area contributed by atoms with Crippen LogP contribution >= 0.6 is 0 Å². The number of carboxylic acid groups (broad SMARTS) is 3. The minimum atomic E-state index is -1.13. The van der Waals surface area contributed by atoms with Gasteiger partial charge in [0.1, 0.15) is 24.2 Å². The van der Waals surface area contributed by atoms with E-state index in [1.165, 1.54) is 0 Å². The Bertz CT molecular complexity index is 1020. The Morgan fingerprint density at radius 1 is 0.604 bits per heavy atom. The van der Waals surface area contributed by atoms with Crippen LogP contribution < -0.4 is 16.0 Å². The number of carboxylic acids is 3. The van der Waals surface area contributed by atoms with E-state index in [1.807, 2.05) is 20.8 Å². The number of amides is 3. The van der Waals surface area contributed by atoms with Crippen molar-refractivity contribution < 1.29 is 62.7 Å². The Labute approximate surface area is 284 Å². The van der Waals surface area contributed by atoms with Gasteiger partial charge in [-0.2, -0.15) is 0 Å². The molecule has 0 radical (unpaired) electrons. The van der Waals surface area contributed by atoms with Crippen LogP contribution in [0.15, 0.2) is 0 Å². The van der Waals surface area contributed by atoms with E-state index in [4.69, 9.17) is 24.8 Å². The summed E-state index contributed by atoms with van der Waals surface area (Å²) in [5.41, 5.74) is -1.73. The van der Waals surface area contributed by atoms with E-state index in [0.717, 1.165) is 0 Å². The van der Waals surface area contributed by atoms with Crippen LogP contribution in [-0.2, 0) is 28.6 Å². The molecule has 0 aliphatic carbocycles. The number of carbonyl (C=O) groups is 6. The molecule has 0 aromatic carbocycles. The fourth-order valence-electron chi connectivity index (χ4n) is 3.14. The van der Waals surface area contributed by atoms with Gasteiger partial charge in [0.2, 0.25) is 0 Å². The zero-order valence-electron chi connectivity index (χ0n) is 30.8. The number of alkyl halides is 1. The third-order valence-electron chi connectivity index (χ3n) is 6.31. The van der Waals surface area contributed by atoms with Gasteiger partial charge in [-0.1, -0.05) is 83.1 Å². The van der Waals surface area contributed by atoms with E-state index in [9.17, 15) is 33.2 Å². The normalized spacial score (nSPS) is 13.8. The molecule has 48 heavy (non-hydrogen) atoms. The molecule has 0 saturated heterocycles. The van der Waals surface area contributed by atoms with Crippen molar-refractivity contribution in [1.82, 2.24) is 16.0 Å². The van der Waals surface area contributed by atoms with Gasteiger partial charge in [-0.25, -0.2) is 28.8 Å². The number of halogens is 1. The van der Waals surface area contributed by atoms with E-state index in [1.54, 1.807) is 69.2 Å². The van der Waals surface area contributed by atoms with Gasteiger partial charge in [0.25, 0.3) is 0 Å². The molecule has 0 rings (SSSR count). The molecule has 0 aromatic rings. The Morgan fingerprint density at radius 3 is 1.17 bits per heavy atom. The SMILES string of the molecule is CC(C)(C)[C@H](NC(=O)OCCCF)C(=O)O.CC(C)[C@@H](C)OC(=O)N[C@H](C(=O)O)C(C)(C)C.CCCOC(=O)N[C@H](C(=O)O)C(C)(C)C. The summed E-state index contributed by atoms with van der Waals surface area (Å²) in [6.07, 6.45) is -1.63. The predicted octanol–water partition coefficient (Wildman–Crippen LogP) is 5.45. The number of ether oxygens (including phenoxy) is 3. The Balaban J connectivity index is -0.000000634. The highest BCUT2D eigenvalue weighted by Gasteiger charge is 2.35. The van der Waals surface area contributed by atoms with Crippen molar-refractivity contribution in [2.24, 2.45) is 22.2 Å². The van der Waals surface area contributed by atoms with Crippen LogP contribution in [0.25, 0.3) is 0 Å². The summed E-state index contributed by atoms with van der Waals surface area (Å²) in [5, 5.41) is 33.8. The van der Waals surface area contributed by atoms with Gasteiger partial charge in [-0.05, 0) is 35.5 Å². The minimum Gasteiger partial charge on any atom is -0.480 e. The fraction of sp³-hybridized carbons (Fsp3) is 0.812. The third-order valence-corrected chi connectivity index (χ3v) is 6.31. The first-order valence-electron chi connectivity index (χ1n) is 15.7. The molecule has 282 valence electrons. The zero-order chi connectivity index (χ0) is 38.6.